The zero-order chi connectivity index (χ0) is 53.9. The van der Waals surface area contributed by atoms with Crippen LogP contribution in [-0.4, -0.2) is 165 Å². The molecule has 3 aromatic rings. The maximum atomic E-state index is 14.7. The van der Waals surface area contributed by atoms with Crippen molar-refractivity contribution < 1.29 is 43.4 Å². The number of aliphatic hydroxyl groups is 1. The maximum Gasteiger partial charge on any atom is 0.245 e. The van der Waals surface area contributed by atoms with Crippen LogP contribution < -0.4 is 43.0 Å². The molecule has 25 heteroatoms. The van der Waals surface area contributed by atoms with Crippen LogP contribution in [0.1, 0.15) is 132 Å². The van der Waals surface area contributed by atoms with Crippen LogP contribution in [-0.2, 0) is 44.7 Å². The summed E-state index contributed by atoms with van der Waals surface area (Å²) in [5, 5.41) is 47.7. The maximum absolute atomic E-state index is 14.7. The minimum absolute atomic E-state index is 0.0501. The minimum Gasteiger partial charge on any atom is -0.373 e. The number of fused-ring (bicyclic) bond motifs is 1. The summed E-state index contributed by atoms with van der Waals surface area (Å²) < 4.78 is 6.37. The van der Waals surface area contributed by atoms with Crippen LogP contribution >= 0.6 is 11.3 Å². The largest absolute Gasteiger partial charge is 0.373 e. The molecular weight excluding hydrogens is 975 g/mol. The molecule has 8 unspecified atom stereocenters. The normalized spacial score (nSPS) is 18.7. The SMILES string of the molecule is CCCN(C(=O)C(NC(=O)C1CCCCN1C)C(C)CC)C(CC(OCC)c1nc(C(O)NC2Cc3ccc(NC(=O)CNC(=O)CNC(=O)CNC(=O)CNC(=O)CN)cc3C(c3nn[nH]n3)C2)cs1)C(C)C. The summed E-state index contributed by atoms with van der Waals surface area (Å²) >= 11 is 1.39. The molecule has 74 heavy (non-hydrogen) atoms. The molecule has 0 radical (unpaired) electrons. The molecule has 1 fully saturated rings. The molecule has 2 aliphatic rings. The molecule has 1 aliphatic carbocycles. The van der Waals surface area contributed by atoms with E-state index in [2.05, 4.69) is 76.6 Å². The van der Waals surface area contributed by atoms with E-state index in [9.17, 15) is 38.7 Å². The van der Waals surface area contributed by atoms with Gasteiger partial charge in [-0.3, -0.25) is 43.8 Å². The summed E-state index contributed by atoms with van der Waals surface area (Å²) in [5.74, 6) is -3.14. The van der Waals surface area contributed by atoms with E-state index in [0.717, 1.165) is 49.8 Å². The predicted octanol–water partition coefficient (Wildman–Crippen LogP) is 0.492. The van der Waals surface area contributed by atoms with Crippen molar-refractivity contribution in [2.24, 2.45) is 17.6 Å². The van der Waals surface area contributed by atoms with E-state index in [1.807, 2.05) is 57.2 Å². The molecule has 1 saturated heterocycles. The van der Waals surface area contributed by atoms with Gasteiger partial charge in [0.2, 0.25) is 41.4 Å². The van der Waals surface area contributed by atoms with Crippen LogP contribution in [0.15, 0.2) is 23.6 Å². The van der Waals surface area contributed by atoms with Gasteiger partial charge in [0.15, 0.2) is 5.82 Å². The number of tetrazole rings is 1. The molecule has 0 saturated carbocycles. The number of nitrogens with zero attached hydrogens (tertiary/aromatic N) is 6. The number of piperidine rings is 1. The predicted molar refractivity (Wildman–Crippen MR) is 276 cm³/mol. The number of anilines is 1. The first-order valence-corrected chi connectivity index (χ1v) is 26.6. The number of aromatic nitrogens is 5. The number of ether oxygens (including phenoxy) is 1. The summed E-state index contributed by atoms with van der Waals surface area (Å²) in [7, 11) is 1.97. The van der Waals surface area contributed by atoms with Crippen LogP contribution in [0.25, 0.3) is 0 Å². The van der Waals surface area contributed by atoms with Gasteiger partial charge in [0.25, 0.3) is 0 Å². The van der Waals surface area contributed by atoms with Gasteiger partial charge in [-0.2, -0.15) is 5.21 Å². The molecule has 5 rings (SSSR count). The summed E-state index contributed by atoms with van der Waals surface area (Å²) in [5.41, 5.74) is 7.82. The van der Waals surface area contributed by atoms with Gasteiger partial charge in [0.05, 0.1) is 44.5 Å². The Kier molecular flexibility index (Phi) is 23.2. The van der Waals surface area contributed by atoms with Crippen molar-refractivity contribution in [1.29, 1.82) is 0 Å². The number of likely N-dealkylation sites (tertiary alicyclic amines) is 1. The Bertz CT molecular complexity index is 2340. The van der Waals surface area contributed by atoms with Crippen molar-refractivity contribution in [2.75, 3.05) is 64.8 Å². The Morgan fingerprint density at radius 3 is 2.22 bits per heavy atom. The number of H-pyrrole nitrogens is 1. The van der Waals surface area contributed by atoms with Crippen molar-refractivity contribution >= 4 is 58.4 Å². The number of likely N-dealkylation sites (N-methyl/N-ethyl adjacent to an activating group) is 1. The fourth-order valence-electron chi connectivity index (χ4n) is 9.31. The third kappa shape index (κ3) is 17.0. The number of benzene rings is 1. The quantitative estimate of drug-likeness (QED) is 0.0443. The van der Waals surface area contributed by atoms with Crippen molar-refractivity contribution in [1.82, 2.24) is 67.3 Å². The molecule has 408 valence electrons. The molecule has 8 atom stereocenters. The molecule has 0 spiro atoms. The molecular formula is C49H77N15O9S. The minimum atomic E-state index is -1.15. The van der Waals surface area contributed by atoms with E-state index >= 15 is 0 Å². The van der Waals surface area contributed by atoms with Crippen molar-refractivity contribution in [3.05, 3.63) is 51.2 Å². The van der Waals surface area contributed by atoms with Gasteiger partial charge < -0.3 is 52.4 Å². The first-order valence-electron chi connectivity index (χ1n) is 25.7. The summed E-state index contributed by atoms with van der Waals surface area (Å²) in [6, 6.07) is 3.99. The molecule has 1 aromatic carbocycles. The van der Waals surface area contributed by atoms with Gasteiger partial charge in [-0.25, -0.2) is 4.98 Å². The van der Waals surface area contributed by atoms with E-state index in [0.29, 0.717) is 54.6 Å². The van der Waals surface area contributed by atoms with Gasteiger partial charge in [0, 0.05) is 48.6 Å². The monoisotopic (exact) mass is 1050 g/mol. The highest BCUT2D eigenvalue weighted by molar-refractivity contribution is 7.09. The molecule has 1 aliphatic heterocycles. The van der Waals surface area contributed by atoms with Crippen LogP contribution in [0.5, 0.6) is 0 Å². The lowest BCUT2D eigenvalue weighted by Crippen LogP contribution is -2.58. The summed E-state index contributed by atoms with van der Waals surface area (Å²) in [6.45, 7) is 12.1. The third-order valence-corrected chi connectivity index (χ3v) is 14.5. The Morgan fingerprint density at radius 2 is 1.62 bits per heavy atom. The Balaban J connectivity index is 1.20. The second-order valence-corrected chi connectivity index (χ2v) is 20.2. The number of carbonyl (C=O) groups is 7. The van der Waals surface area contributed by atoms with Gasteiger partial charge in [0.1, 0.15) is 23.4 Å². The average molecular weight is 1050 g/mol. The van der Waals surface area contributed by atoms with E-state index in [1.54, 1.807) is 6.07 Å². The van der Waals surface area contributed by atoms with Gasteiger partial charge >= 0.3 is 0 Å². The molecule has 3 heterocycles. The number of aliphatic hydroxyl groups excluding tert-OH is 1. The number of thiazole rings is 1. The van der Waals surface area contributed by atoms with Gasteiger partial charge in [-0.15, -0.1) is 21.5 Å². The number of nitrogens with two attached hydrogens (primary N) is 1. The van der Waals surface area contributed by atoms with Gasteiger partial charge in [-0.1, -0.05) is 58.7 Å². The lowest BCUT2D eigenvalue weighted by Gasteiger charge is -2.40. The van der Waals surface area contributed by atoms with Crippen molar-refractivity contribution in [3.8, 4) is 0 Å². The second-order valence-electron chi connectivity index (χ2n) is 19.3. The topological polar surface area (TPSA) is 333 Å². The number of amides is 7. The number of carbonyl (C=O) groups excluding carboxylic acids is 7. The Morgan fingerprint density at radius 1 is 0.946 bits per heavy atom. The lowest BCUT2D eigenvalue weighted by atomic mass is 9.79. The Hall–Kier alpha value is -5.99. The first-order chi connectivity index (χ1) is 35.5. The third-order valence-electron chi connectivity index (χ3n) is 13.5. The van der Waals surface area contributed by atoms with Crippen LogP contribution in [0.4, 0.5) is 5.69 Å². The zero-order valence-electron chi connectivity index (χ0n) is 43.7. The fourth-order valence-corrected chi connectivity index (χ4v) is 10.2. The first kappa shape index (κ1) is 58.9. The van der Waals surface area contributed by atoms with Crippen LogP contribution in [0, 0.1) is 11.8 Å². The number of rotatable bonds is 28. The van der Waals surface area contributed by atoms with Gasteiger partial charge in [-0.05, 0) is 87.7 Å². The molecule has 7 amide bonds. The standard InChI is InChI=1S/C49H77N15O9S/c1-8-16-64(49(72)44(29(6)9-2)58-47(71)36-13-11-12-17-63(36)7)37(28(4)5)21-38(73-10-3)48-57-35(27-74-48)46(70)56-32-18-30-14-15-31(19-33(30)34(20-32)45-59-61-62-60-45)55-43(69)26-54-42(68)25-53-41(67)24-52-40(66)23-51-39(65)22-50/h14-15,19,27-29,32,34,36-38,44,46,56,70H,8-13,16-18,20-26,50H2,1-7H3,(H,51,65)(H,52,66)(H,53,67)(H,54,68)(H,55,69)(H,58,71)(H,59,60,61,62). The fraction of sp³-hybridized carbons (Fsp3) is 0.653. The summed E-state index contributed by atoms with van der Waals surface area (Å²) in [6.07, 6.45) is 4.07. The molecule has 0 bridgehead atoms. The van der Waals surface area contributed by atoms with Crippen molar-refractivity contribution in [3.63, 3.8) is 0 Å². The Labute approximate surface area is 436 Å². The van der Waals surface area contributed by atoms with E-state index in [4.69, 9.17) is 15.5 Å². The number of hydrogen-bond donors (Lipinski definition) is 10. The smallest absolute Gasteiger partial charge is 0.245 e. The number of aromatic amines is 1. The highest BCUT2D eigenvalue weighted by atomic mass is 32.1. The van der Waals surface area contributed by atoms with Crippen molar-refractivity contribution in [2.45, 2.75) is 135 Å². The van der Waals surface area contributed by atoms with Crippen LogP contribution in [0.2, 0.25) is 0 Å². The molecule has 11 N–H and O–H groups in total. The zero-order valence-corrected chi connectivity index (χ0v) is 44.5. The molecule has 24 nitrogen and oxygen atoms in total. The van der Waals surface area contributed by atoms with Crippen LogP contribution in [0.3, 0.4) is 0 Å². The van der Waals surface area contributed by atoms with E-state index in [-0.39, 0.29) is 60.8 Å². The van der Waals surface area contributed by atoms with E-state index in [1.165, 1.54) is 11.3 Å². The molecule has 2 aromatic heterocycles. The highest BCUT2D eigenvalue weighted by Gasteiger charge is 2.39. The second kappa shape index (κ2) is 29.2. The number of nitrogens with one attached hydrogen (secondary N) is 8. The lowest BCUT2D eigenvalue weighted by molar-refractivity contribution is -0.143. The van der Waals surface area contributed by atoms with E-state index < -0.39 is 67.5 Å². The average Bonchev–Trinajstić information content (AvgIpc) is 4.12. The summed E-state index contributed by atoms with van der Waals surface area (Å²) in [4.78, 5) is 97.7. The highest BCUT2D eigenvalue weighted by Crippen LogP contribution is 2.38. The number of hydrogen-bond acceptors (Lipinski definition) is 17.